The van der Waals surface area contributed by atoms with Gasteiger partial charge >= 0.3 is 5.97 Å². The van der Waals surface area contributed by atoms with Gasteiger partial charge in [0.2, 0.25) is 0 Å². The average Bonchev–Trinajstić information content (AvgIpc) is 3.30. The van der Waals surface area contributed by atoms with Gasteiger partial charge in [-0.15, -0.1) is 11.3 Å². The third-order valence-corrected chi connectivity index (χ3v) is 7.37. The van der Waals surface area contributed by atoms with Crippen molar-refractivity contribution in [3.05, 3.63) is 46.2 Å². The number of carboxylic acid groups (broad SMARTS) is 1. The predicted octanol–water partition coefficient (Wildman–Crippen LogP) is -0.229. The number of nitrogens with one attached hydrogen (secondary N) is 4. The highest BCUT2D eigenvalue weighted by atomic mass is 32.2. The standard InChI is InChI=1S/C22H33N7O6S2/c23-9-1-2-10-26-19(30)14-5-3-6-15(13-14)37(34,35)29-16-8-12-36-18(16)20(31)28-17(21(32)33)7-4-11-27-22(24)25/h3,5-6,8,12-13,17,22,27,29H,1-2,4,7,9-11,23-25H2,(H,26,30)(H,28,31)(H,32,33)/t17-/m0/s1. The molecule has 15 heteroatoms. The molecule has 0 bridgehead atoms. The molecule has 0 saturated heterocycles. The normalized spacial score (nSPS) is 12.2. The number of rotatable bonds is 16. The Bertz CT molecular complexity index is 1170. The molecule has 0 saturated carbocycles. The Balaban J connectivity index is 2.09. The Morgan fingerprint density at radius 3 is 2.46 bits per heavy atom. The summed E-state index contributed by atoms with van der Waals surface area (Å²) in [5, 5.41) is 18.8. The van der Waals surface area contributed by atoms with Crippen LogP contribution in [-0.2, 0) is 14.8 Å². The highest BCUT2D eigenvalue weighted by molar-refractivity contribution is 7.92. The van der Waals surface area contributed by atoms with E-state index in [4.69, 9.17) is 17.2 Å². The first-order chi connectivity index (χ1) is 17.5. The number of hydrogen-bond acceptors (Lipinski definition) is 10. The molecule has 0 aliphatic heterocycles. The summed E-state index contributed by atoms with van der Waals surface area (Å²) in [7, 11) is -4.16. The van der Waals surface area contributed by atoms with Gasteiger partial charge in [0.05, 0.1) is 10.6 Å². The Morgan fingerprint density at radius 1 is 1.03 bits per heavy atom. The van der Waals surface area contributed by atoms with Crippen molar-refractivity contribution >= 4 is 44.8 Å². The van der Waals surface area contributed by atoms with E-state index in [2.05, 4.69) is 20.7 Å². The molecule has 2 aromatic rings. The molecule has 0 radical (unpaired) electrons. The Hall–Kier alpha value is -3.08. The summed E-state index contributed by atoms with van der Waals surface area (Å²) < 4.78 is 28.4. The maximum atomic E-state index is 13.0. The summed E-state index contributed by atoms with van der Waals surface area (Å²) in [5.74, 6) is -2.40. The van der Waals surface area contributed by atoms with Crippen molar-refractivity contribution in [1.82, 2.24) is 16.0 Å². The minimum atomic E-state index is -4.16. The van der Waals surface area contributed by atoms with Crippen LogP contribution in [0.5, 0.6) is 0 Å². The highest BCUT2D eigenvalue weighted by Crippen LogP contribution is 2.26. The number of hydrogen-bond donors (Lipinski definition) is 8. The summed E-state index contributed by atoms with van der Waals surface area (Å²) >= 11 is 0.950. The summed E-state index contributed by atoms with van der Waals surface area (Å²) in [6.45, 7) is 1.27. The third-order valence-electron chi connectivity index (χ3n) is 5.09. The second-order valence-corrected chi connectivity index (χ2v) is 10.6. The van der Waals surface area contributed by atoms with Crippen molar-refractivity contribution in [2.75, 3.05) is 24.4 Å². The third kappa shape index (κ3) is 9.71. The first kappa shape index (κ1) is 30.1. The van der Waals surface area contributed by atoms with E-state index in [1.165, 1.54) is 35.7 Å². The second-order valence-electron chi connectivity index (χ2n) is 8.03. The number of sulfonamides is 1. The molecule has 0 unspecified atom stereocenters. The molecule has 11 N–H and O–H groups in total. The molecule has 37 heavy (non-hydrogen) atoms. The van der Waals surface area contributed by atoms with Gasteiger partial charge in [-0.05, 0) is 68.4 Å². The molecular formula is C22H33N7O6S2. The number of aliphatic carboxylic acids is 1. The molecule has 1 aromatic carbocycles. The van der Waals surface area contributed by atoms with Crippen LogP contribution in [0.1, 0.15) is 45.7 Å². The van der Waals surface area contributed by atoms with Crippen molar-refractivity contribution < 1.29 is 27.9 Å². The maximum Gasteiger partial charge on any atom is 0.326 e. The molecule has 1 heterocycles. The van der Waals surface area contributed by atoms with Crippen molar-refractivity contribution in [1.29, 1.82) is 0 Å². The van der Waals surface area contributed by atoms with E-state index in [1.807, 2.05) is 0 Å². The van der Waals surface area contributed by atoms with Crippen LogP contribution in [0.4, 0.5) is 5.69 Å². The molecule has 0 fully saturated rings. The molecule has 0 spiro atoms. The fraction of sp³-hybridized carbons (Fsp3) is 0.409. The monoisotopic (exact) mass is 555 g/mol. The number of nitrogens with two attached hydrogens (primary N) is 3. The number of thiophene rings is 1. The summed E-state index contributed by atoms with van der Waals surface area (Å²) in [4.78, 5) is 36.5. The first-order valence-electron chi connectivity index (χ1n) is 11.5. The first-order valence-corrected chi connectivity index (χ1v) is 13.9. The van der Waals surface area contributed by atoms with E-state index < -0.39 is 40.1 Å². The predicted molar refractivity (Wildman–Crippen MR) is 140 cm³/mol. The minimum absolute atomic E-state index is 0.00858. The van der Waals surface area contributed by atoms with E-state index in [0.29, 0.717) is 32.5 Å². The largest absolute Gasteiger partial charge is 0.480 e. The minimum Gasteiger partial charge on any atom is -0.480 e. The van der Waals surface area contributed by atoms with Gasteiger partial charge < -0.3 is 32.9 Å². The lowest BCUT2D eigenvalue weighted by molar-refractivity contribution is -0.139. The Kier molecular flexibility index (Phi) is 11.9. The zero-order chi connectivity index (χ0) is 27.4. The van der Waals surface area contributed by atoms with Gasteiger partial charge in [-0.2, -0.15) is 0 Å². The number of benzene rings is 1. The van der Waals surface area contributed by atoms with Crippen LogP contribution in [0.3, 0.4) is 0 Å². The Labute approximate surface area is 219 Å². The van der Waals surface area contributed by atoms with Gasteiger partial charge in [-0.3, -0.25) is 19.6 Å². The van der Waals surface area contributed by atoms with Gasteiger partial charge in [0.1, 0.15) is 17.2 Å². The molecule has 0 aliphatic carbocycles. The van der Waals surface area contributed by atoms with E-state index in [1.54, 1.807) is 0 Å². The van der Waals surface area contributed by atoms with Crippen LogP contribution < -0.4 is 37.9 Å². The maximum absolute atomic E-state index is 13.0. The SMILES string of the molecule is NCCCCNC(=O)c1cccc(S(=O)(=O)Nc2ccsc2C(=O)N[C@@H](CCCNC(N)N)C(=O)O)c1. The zero-order valence-electron chi connectivity index (χ0n) is 20.1. The van der Waals surface area contributed by atoms with Gasteiger partial charge in [-0.25, -0.2) is 13.2 Å². The van der Waals surface area contributed by atoms with Gasteiger partial charge in [0.25, 0.3) is 21.8 Å². The second kappa shape index (κ2) is 14.6. The topological polar surface area (TPSA) is 232 Å². The number of carbonyl (C=O) groups is 3. The lowest BCUT2D eigenvalue weighted by Crippen LogP contribution is -2.46. The number of amides is 2. The van der Waals surface area contributed by atoms with Crippen LogP contribution in [0.2, 0.25) is 0 Å². The van der Waals surface area contributed by atoms with E-state index >= 15 is 0 Å². The molecule has 1 aromatic heterocycles. The number of carbonyl (C=O) groups excluding carboxylic acids is 2. The lowest BCUT2D eigenvalue weighted by Gasteiger charge is -2.16. The smallest absolute Gasteiger partial charge is 0.326 e. The van der Waals surface area contributed by atoms with E-state index in [0.717, 1.165) is 17.8 Å². The van der Waals surface area contributed by atoms with Crippen molar-refractivity contribution in [2.45, 2.75) is 42.9 Å². The molecule has 2 rings (SSSR count). The average molecular weight is 556 g/mol. The van der Waals surface area contributed by atoms with E-state index in [9.17, 15) is 27.9 Å². The molecule has 13 nitrogen and oxygen atoms in total. The fourth-order valence-electron chi connectivity index (χ4n) is 3.20. The number of carboxylic acids is 1. The summed E-state index contributed by atoms with van der Waals surface area (Å²) in [6.07, 6.45) is 1.20. The van der Waals surface area contributed by atoms with Gasteiger partial charge in [0.15, 0.2) is 0 Å². The quantitative estimate of drug-likeness (QED) is 0.100. The van der Waals surface area contributed by atoms with Crippen LogP contribution in [0, 0.1) is 0 Å². The van der Waals surface area contributed by atoms with Crippen LogP contribution >= 0.6 is 11.3 Å². The molecule has 2 amide bonds. The zero-order valence-corrected chi connectivity index (χ0v) is 21.7. The van der Waals surface area contributed by atoms with Crippen molar-refractivity contribution in [2.24, 2.45) is 17.2 Å². The Morgan fingerprint density at radius 2 is 1.78 bits per heavy atom. The molecular weight excluding hydrogens is 522 g/mol. The summed E-state index contributed by atoms with van der Waals surface area (Å²) in [5.41, 5.74) is 16.3. The van der Waals surface area contributed by atoms with Crippen LogP contribution in [0.25, 0.3) is 0 Å². The van der Waals surface area contributed by atoms with Gasteiger partial charge in [0, 0.05) is 12.1 Å². The molecule has 204 valence electrons. The van der Waals surface area contributed by atoms with Crippen molar-refractivity contribution in [3.8, 4) is 0 Å². The molecule has 1 atom stereocenters. The van der Waals surface area contributed by atoms with Crippen LogP contribution in [-0.4, -0.2) is 63.3 Å². The van der Waals surface area contributed by atoms with Crippen LogP contribution in [0.15, 0.2) is 40.6 Å². The number of anilines is 1. The highest BCUT2D eigenvalue weighted by Gasteiger charge is 2.25. The number of unbranched alkanes of at least 4 members (excludes halogenated alkanes) is 1. The van der Waals surface area contributed by atoms with Crippen molar-refractivity contribution in [3.63, 3.8) is 0 Å². The lowest BCUT2D eigenvalue weighted by atomic mass is 10.1. The van der Waals surface area contributed by atoms with E-state index in [-0.39, 0.29) is 27.4 Å². The fourth-order valence-corrected chi connectivity index (χ4v) is 5.14. The summed E-state index contributed by atoms with van der Waals surface area (Å²) in [6, 6.07) is 5.68. The van der Waals surface area contributed by atoms with Gasteiger partial charge in [-0.1, -0.05) is 6.07 Å². The molecule has 0 aliphatic rings.